The summed E-state index contributed by atoms with van der Waals surface area (Å²) in [5.41, 5.74) is 1.26. The molecule has 1 saturated carbocycles. The fourth-order valence-electron chi connectivity index (χ4n) is 10.4. The van der Waals surface area contributed by atoms with Crippen LogP contribution in [0, 0.1) is 17.8 Å². The number of ketones is 1. The number of allylic oxidation sites excluding steroid dienone is 3. The molecule has 14 nitrogen and oxygen atoms in total. The zero-order valence-electron chi connectivity index (χ0n) is 34.9. The number of piperidine rings is 1. The Morgan fingerprint density at radius 1 is 1.11 bits per heavy atom. The zero-order chi connectivity index (χ0) is 42.8. The van der Waals surface area contributed by atoms with E-state index in [1.54, 1.807) is 14.0 Å². The molecule has 14 heteroatoms. The molecule has 6 aliphatic rings. The molecule has 0 amide bonds. The van der Waals surface area contributed by atoms with Crippen LogP contribution in [-0.2, 0) is 36.9 Å². The van der Waals surface area contributed by atoms with Gasteiger partial charge in [0.2, 0.25) is 5.76 Å². The first kappa shape index (κ1) is 43.0. The number of carbonyl (C=O) groups is 3. The van der Waals surface area contributed by atoms with Gasteiger partial charge in [0.1, 0.15) is 34.7 Å². The Hall–Kier alpha value is -4.70. The first-order valence-electron chi connectivity index (χ1n) is 21.6. The smallest absolute Gasteiger partial charge is 0.375 e. The molecular formula is C47H56N2O12. The Morgan fingerprint density at radius 3 is 2.72 bits per heavy atom. The van der Waals surface area contributed by atoms with E-state index in [2.05, 4.69) is 16.0 Å². The molecule has 0 spiro atoms. The second-order valence-electron chi connectivity index (χ2n) is 16.8. The monoisotopic (exact) mass is 840 g/mol. The topological polar surface area (TPSA) is 194 Å². The number of hydrogen-bond donors (Lipinski definition) is 4. The van der Waals surface area contributed by atoms with Gasteiger partial charge in [-0.3, -0.25) is 14.6 Å². The average molecular weight is 841 g/mol. The molecule has 2 aliphatic carbocycles. The highest BCUT2D eigenvalue weighted by atomic mass is 16.6. The largest absolute Gasteiger partial charge is 0.492 e. The van der Waals surface area contributed by atoms with Crippen LogP contribution in [0.5, 0.6) is 17.2 Å². The third-order valence-corrected chi connectivity index (χ3v) is 13.3. The van der Waals surface area contributed by atoms with Crippen LogP contribution in [0.4, 0.5) is 0 Å². The SMILES string of the molecule is CCOC(=O)C1=C(C=O)C(=C2CC(CO)C(=O)C(c3ccc4c(c3)=CCN=4)C2)c2c(OCCCO)c3c(c(CO)c2O1)OC(C1(O)CC=CC2CN(CCCOC)CCC21)C3. The summed E-state index contributed by atoms with van der Waals surface area (Å²) in [4.78, 5) is 48.2. The molecule has 0 radical (unpaired) electrons. The van der Waals surface area contributed by atoms with Crippen LogP contribution < -0.4 is 24.8 Å². The van der Waals surface area contributed by atoms with Gasteiger partial charge in [-0.05, 0) is 74.4 Å². The van der Waals surface area contributed by atoms with Gasteiger partial charge in [0.15, 0.2) is 6.29 Å². The molecule has 2 fully saturated rings. The number of aldehydes is 1. The van der Waals surface area contributed by atoms with Gasteiger partial charge in [-0.1, -0.05) is 29.9 Å². The molecule has 6 unspecified atom stereocenters. The molecule has 0 aromatic heterocycles. The van der Waals surface area contributed by atoms with Crippen LogP contribution in [0.25, 0.3) is 11.6 Å². The average Bonchev–Trinajstić information content (AvgIpc) is 3.94. The Labute approximate surface area is 354 Å². The predicted octanol–water partition coefficient (Wildman–Crippen LogP) is 2.24. The maximum absolute atomic E-state index is 14.1. The summed E-state index contributed by atoms with van der Waals surface area (Å²) < 4.78 is 30.5. The molecule has 2 aromatic carbocycles. The number of methoxy groups -OCH3 is 1. The Kier molecular flexibility index (Phi) is 12.9. The number of aliphatic hydroxyl groups is 4. The maximum atomic E-state index is 14.1. The van der Waals surface area contributed by atoms with Crippen LogP contribution in [0.15, 0.2) is 52.2 Å². The van der Waals surface area contributed by atoms with Crippen molar-refractivity contribution in [2.24, 2.45) is 22.7 Å². The van der Waals surface area contributed by atoms with E-state index in [0.717, 1.165) is 48.6 Å². The minimum Gasteiger partial charge on any atom is -0.492 e. The number of esters is 1. The highest BCUT2D eigenvalue weighted by Gasteiger charge is 2.54. The summed E-state index contributed by atoms with van der Waals surface area (Å²) >= 11 is 0. The van der Waals surface area contributed by atoms with Crippen LogP contribution in [0.3, 0.4) is 0 Å². The quantitative estimate of drug-likeness (QED) is 0.0885. The lowest BCUT2D eigenvalue weighted by molar-refractivity contribution is -0.141. The summed E-state index contributed by atoms with van der Waals surface area (Å²) in [7, 11) is 1.70. The van der Waals surface area contributed by atoms with E-state index in [0.29, 0.717) is 42.6 Å². The van der Waals surface area contributed by atoms with Gasteiger partial charge in [-0.15, -0.1) is 0 Å². The van der Waals surface area contributed by atoms with Crippen molar-refractivity contribution in [1.82, 2.24) is 4.90 Å². The summed E-state index contributed by atoms with van der Waals surface area (Å²) in [6.07, 6.45) is 8.65. The number of Topliss-reactive ketones (excluding diaryl/α,β-unsaturated/α-hetero) is 1. The van der Waals surface area contributed by atoms with E-state index in [1.807, 2.05) is 30.4 Å². The molecule has 8 rings (SSSR count). The summed E-state index contributed by atoms with van der Waals surface area (Å²) in [6, 6.07) is 5.68. The number of fused-ring (bicyclic) bond motifs is 4. The minimum atomic E-state index is -1.29. The molecule has 4 heterocycles. The van der Waals surface area contributed by atoms with E-state index in [4.69, 9.17) is 23.7 Å². The molecule has 2 aromatic rings. The Balaban J connectivity index is 1.28. The number of aliphatic hydroxyl groups excluding tert-OH is 3. The molecule has 4 N–H and O–H groups in total. The molecule has 0 bridgehead atoms. The fourth-order valence-corrected chi connectivity index (χ4v) is 10.4. The van der Waals surface area contributed by atoms with Crippen molar-refractivity contribution in [1.29, 1.82) is 0 Å². The Morgan fingerprint density at radius 2 is 1.97 bits per heavy atom. The first-order chi connectivity index (χ1) is 29.7. The van der Waals surface area contributed by atoms with Crippen molar-refractivity contribution in [2.45, 2.75) is 76.1 Å². The van der Waals surface area contributed by atoms with E-state index in [9.17, 15) is 34.8 Å². The van der Waals surface area contributed by atoms with Crippen molar-refractivity contribution in [2.75, 3.05) is 66.3 Å². The molecule has 1 saturated heterocycles. The zero-order valence-corrected chi connectivity index (χ0v) is 34.9. The fraction of sp³-hybridized carbons (Fsp3) is 0.532. The van der Waals surface area contributed by atoms with Crippen molar-refractivity contribution in [3.05, 3.63) is 80.1 Å². The van der Waals surface area contributed by atoms with Crippen LogP contribution in [0.1, 0.15) is 73.6 Å². The summed E-state index contributed by atoms with van der Waals surface area (Å²) in [6.45, 7) is 4.17. The van der Waals surface area contributed by atoms with Crippen molar-refractivity contribution in [3.8, 4) is 17.2 Å². The standard InChI is InChI=1S/C47H56N2O12/c1-3-58-46(55)45-34(25-52)39(30-20-31(24-51)41(54)32(21-30)27-8-9-37-28(19-27)10-13-48-37)40-43(59-18-6-16-50)33-22-38(60-42(33)35(26-53)44(40)61-45)47(56)12-4-7-29-23-49(14-5-17-57-2)15-11-36(29)47/h4,7-10,19,25,29,31-32,36,38,50-51,53,56H,3,5-6,11-18,20-24,26H2,1-2H3. The van der Waals surface area contributed by atoms with Gasteiger partial charge in [0.05, 0.1) is 55.0 Å². The lowest BCUT2D eigenvalue weighted by atomic mass is 9.66. The minimum absolute atomic E-state index is 0.0150. The van der Waals surface area contributed by atoms with E-state index >= 15 is 0 Å². The van der Waals surface area contributed by atoms with E-state index in [1.165, 1.54) is 0 Å². The van der Waals surface area contributed by atoms with Gasteiger partial charge in [0.25, 0.3) is 0 Å². The first-order valence-corrected chi connectivity index (χ1v) is 21.6. The number of ether oxygens (including phenoxy) is 5. The lowest BCUT2D eigenvalue weighted by Gasteiger charge is -2.49. The molecule has 61 heavy (non-hydrogen) atoms. The highest BCUT2D eigenvalue weighted by molar-refractivity contribution is 6.11. The number of likely N-dealkylation sites (tertiary alicyclic amines) is 1. The van der Waals surface area contributed by atoms with Crippen LogP contribution in [-0.4, -0.2) is 121 Å². The Bertz CT molecular complexity index is 2280. The van der Waals surface area contributed by atoms with E-state index < -0.39 is 48.5 Å². The molecular weight excluding hydrogens is 785 g/mol. The second kappa shape index (κ2) is 18.3. The molecule has 6 atom stereocenters. The van der Waals surface area contributed by atoms with Crippen LogP contribution in [0.2, 0.25) is 0 Å². The van der Waals surface area contributed by atoms with Gasteiger partial charge in [0, 0.05) is 75.1 Å². The molecule has 4 aliphatic heterocycles. The lowest BCUT2D eigenvalue weighted by Crippen LogP contribution is -2.58. The number of carbonyl (C=O) groups excluding carboxylic acids is 3. The third-order valence-electron chi connectivity index (χ3n) is 13.3. The van der Waals surface area contributed by atoms with Crippen molar-refractivity contribution in [3.63, 3.8) is 0 Å². The van der Waals surface area contributed by atoms with Crippen LogP contribution >= 0.6 is 0 Å². The van der Waals surface area contributed by atoms with E-state index in [-0.39, 0.29) is 97.1 Å². The van der Waals surface area contributed by atoms with Crippen molar-refractivity contribution >= 4 is 29.7 Å². The predicted molar refractivity (Wildman–Crippen MR) is 222 cm³/mol. The van der Waals surface area contributed by atoms with Gasteiger partial charge < -0.3 is 49.0 Å². The molecule has 326 valence electrons. The number of benzene rings is 2. The normalized spacial score (nSPS) is 27.8. The third kappa shape index (κ3) is 7.87. The number of nitrogens with zero attached hydrogens (tertiary/aromatic N) is 2. The van der Waals surface area contributed by atoms with Gasteiger partial charge >= 0.3 is 5.97 Å². The number of hydrogen-bond acceptors (Lipinski definition) is 14. The summed E-state index contributed by atoms with van der Waals surface area (Å²) in [5, 5.41) is 46.3. The van der Waals surface area contributed by atoms with Gasteiger partial charge in [-0.2, -0.15) is 0 Å². The maximum Gasteiger partial charge on any atom is 0.375 e. The van der Waals surface area contributed by atoms with Crippen molar-refractivity contribution < 1.29 is 58.5 Å². The highest BCUT2D eigenvalue weighted by Crippen LogP contribution is 2.58. The number of rotatable bonds is 15. The second-order valence-corrected chi connectivity index (χ2v) is 16.8. The van der Waals surface area contributed by atoms with Gasteiger partial charge in [-0.25, -0.2) is 4.79 Å². The summed E-state index contributed by atoms with van der Waals surface area (Å²) in [5.74, 6) is -2.46.